The Morgan fingerprint density at radius 3 is 2.56 bits per heavy atom. The van der Waals surface area contributed by atoms with Gasteiger partial charge in [-0.25, -0.2) is 0 Å². The van der Waals surface area contributed by atoms with Crippen molar-refractivity contribution in [3.05, 3.63) is 58.1 Å². The summed E-state index contributed by atoms with van der Waals surface area (Å²) < 4.78 is 11.3. The third-order valence-corrected chi connectivity index (χ3v) is 7.13. The first kappa shape index (κ1) is 20.6. The van der Waals surface area contributed by atoms with Gasteiger partial charge in [-0.1, -0.05) is 41.6 Å². The molecule has 0 bridgehead atoms. The van der Waals surface area contributed by atoms with Gasteiger partial charge in [-0.2, -0.15) is 5.14 Å². The van der Waals surface area contributed by atoms with E-state index in [0.717, 1.165) is 32.9 Å². The molecule has 0 aliphatic rings. The predicted octanol–water partition coefficient (Wildman–Crippen LogP) is 4.63. The SMILES string of the molecule is Cc1cc(Cl)cc(CCC(C)(C)[S+](N)[O-])c1Sc1ccccc1CO. The topological polar surface area (TPSA) is 69.3 Å². The third-order valence-electron chi connectivity index (χ3n) is 4.21. The highest BCUT2D eigenvalue weighted by Gasteiger charge is 2.29. The lowest BCUT2D eigenvalue weighted by Crippen LogP contribution is -2.38. The van der Waals surface area contributed by atoms with Gasteiger partial charge in [0.1, 0.15) is 4.75 Å². The number of halogens is 1. The lowest BCUT2D eigenvalue weighted by molar-refractivity contribution is 0.279. The number of nitrogens with two attached hydrogens (primary N) is 1. The van der Waals surface area contributed by atoms with Gasteiger partial charge in [0.15, 0.2) is 0 Å². The average molecular weight is 398 g/mol. The van der Waals surface area contributed by atoms with E-state index in [2.05, 4.69) is 0 Å². The van der Waals surface area contributed by atoms with Crippen molar-refractivity contribution in [3.8, 4) is 0 Å². The van der Waals surface area contributed by atoms with Gasteiger partial charge in [0.05, 0.1) is 6.61 Å². The van der Waals surface area contributed by atoms with E-state index >= 15 is 0 Å². The van der Waals surface area contributed by atoms with Crippen LogP contribution in [0.25, 0.3) is 0 Å². The van der Waals surface area contributed by atoms with Crippen LogP contribution in [-0.4, -0.2) is 14.4 Å². The van der Waals surface area contributed by atoms with Crippen LogP contribution in [0.4, 0.5) is 0 Å². The Bertz CT molecular complexity index is 735. The first-order chi connectivity index (χ1) is 11.7. The van der Waals surface area contributed by atoms with Gasteiger partial charge in [0, 0.05) is 32.6 Å². The Kier molecular flexibility index (Phi) is 7.26. The standard InChI is InChI=1S/C19H24ClNO2S2/c1-13-10-16(20)11-14(8-9-19(2,3)25(21)23)18(13)24-17-7-5-4-6-15(17)12-22/h4-7,10-11,22H,8-9,12,21H2,1-3H3. The number of aliphatic hydroxyl groups is 1. The maximum Gasteiger partial charge on any atom is 0.139 e. The van der Waals surface area contributed by atoms with Crippen molar-refractivity contribution in [1.29, 1.82) is 0 Å². The summed E-state index contributed by atoms with van der Waals surface area (Å²) in [5.74, 6) is 0. The highest BCUT2D eigenvalue weighted by molar-refractivity contribution is 7.99. The summed E-state index contributed by atoms with van der Waals surface area (Å²) in [5, 5.41) is 15.9. The molecule has 0 aromatic heterocycles. The van der Waals surface area contributed by atoms with Crippen molar-refractivity contribution in [3.63, 3.8) is 0 Å². The molecule has 136 valence electrons. The predicted molar refractivity (Wildman–Crippen MR) is 107 cm³/mol. The molecule has 0 radical (unpaired) electrons. The van der Waals surface area contributed by atoms with Crippen LogP contribution in [0.2, 0.25) is 5.02 Å². The number of rotatable bonds is 7. The van der Waals surface area contributed by atoms with Crippen LogP contribution < -0.4 is 5.14 Å². The van der Waals surface area contributed by atoms with Gasteiger partial charge in [-0.3, -0.25) is 0 Å². The molecular formula is C19H24ClNO2S2. The maximum atomic E-state index is 11.7. The van der Waals surface area contributed by atoms with Crippen LogP contribution in [0, 0.1) is 6.92 Å². The largest absolute Gasteiger partial charge is 0.598 e. The van der Waals surface area contributed by atoms with Crippen molar-refractivity contribution in [2.45, 2.75) is 54.8 Å². The lowest BCUT2D eigenvalue weighted by atomic mass is 10.0. The molecule has 0 spiro atoms. The van der Waals surface area contributed by atoms with Crippen molar-refractivity contribution >= 4 is 34.7 Å². The van der Waals surface area contributed by atoms with Gasteiger partial charge >= 0.3 is 0 Å². The summed E-state index contributed by atoms with van der Waals surface area (Å²) in [4.78, 5) is 2.15. The summed E-state index contributed by atoms with van der Waals surface area (Å²) in [6.07, 6.45) is 1.44. The van der Waals surface area contributed by atoms with E-state index in [1.807, 2.05) is 57.2 Å². The van der Waals surface area contributed by atoms with Crippen LogP contribution in [0.5, 0.6) is 0 Å². The van der Waals surface area contributed by atoms with E-state index in [1.54, 1.807) is 11.8 Å². The molecule has 2 rings (SSSR count). The second-order valence-electron chi connectivity index (χ2n) is 6.64. The average Bonchev–Trinajstić information content (AvgIpc) is 2.56. The molecule has 0 saturated carbocycles. The molecule has 2 aromatic carbocycles. The highest BCUT2D eigenvalue weighted by Crippen LogP contribution is 2.38. The molecule has 0 aliphatic heterocycles. The van der Waals surface area contributed by atoms with Crippen molar-refractivity contribution in [2.24, 2.45) is 5.14 Å². The van der Waals surface area contributed by atoms with Gasteiger partial charge in [-0.15, -0.1) is 0 Å². The van der Waals surface area contributed by atoms with Crippen LogP contribution in [0.1, 0.15) is 37.0 Å². The number of hydrogen-bond acceptors (Lipinski definition) is 4. The molecule has 6 heteroatoms. The Labute approximate surface area is 162 Å². The van der Waals surface area contributed by atoms with E-state index in [1.165, 1.54) is 0 Å². The Hall–Kier alpha value is -0.690. The smallest absolute Gasteiger partial charge is 0.139 e. The van der Waals surface area contributed by atoms with E-state index in [0.29, 0.717) is 11.4 Å². The minimum absolute atomic E-state index is 0.00430. The molecular weight excluding hydrogens is 374 g/mol. The number of hydrogen-bond donors (Lipinski definition) is 2. The molecule has 25 heavy (non-hydrogen) atoms. The fourth-order valence-corrected chi connectivity index (χ4v) is 4.25. The Morgan fingerprint density at radius 1 is 1.24 bits per heavy atom. The van der Waals surface area contributed by atoms with E-state index in [-0.39, 0.29) is 6.61 Å². The highest BCUT2D eigenvalue weighted by atomic mass is 35.5. The van der Waals surface area contributed by atoms with Gasteiger partial charge in [0.25, 0.3) is 0 Å². The van der Waals surface area contributed by atoms with Gasteiger partial charge < -0.3 is 9.66 Å². The first-order valence-corrected chi connectivity index (χ1v) is 10.5. The quantitative estimate of drug-likeness (QED) is 0.668. The van der Waals surface area contributed by atoms with Crippen LogP contribution >= 0.6 is 23.4 Å². The summed E-state index contributed by atoms with van der Waals surface area (Å²) in [5.41, 5.74) is 3.10. The Balaban J connectivity index is 2.34. The zero-order valence-electron chi connectivity index (χ0n) is 14.7. The molecule has 3 nitrogen and oxygen atoms in total. The minimum Gasteiger partial charge on any atom is -0.598 e. The minimum atomic E-state index is -1.38. The van der Waals surface area contributed by atoms with Crippen molar-refractivity contribution < 1.29 is 9.66 Å². The van der Waals surface area contributed by atoms with E-state index in [9.17, 15) is 9.66 Å². The normalized spacial score (nSPS) is 13.1. The van der Waals surface area contributed by atoms with Crippen molar-refractivity contribution in [2.75, 3.05) is 0 Å². The van der Waals surface area contributed by atoms with E-state index < -0.39 is 16.1 Å². The summed E-state index contributed by atoms with van der Waals surface area (Å²) in [6.45, 7) is 5.86. The molecule has 1 atom stereocenters. The van der Waals surface area contributed by atoms with Crippen LogP contribution in [0.15, 0.2) is 46.2 Å². The third kappa shape index (κ3) is 5.39. The Morgan fingerprint density at radius 2 is 1.92 bits per heavy atom. The second-order valence-corrected chi connectivity index (χ2v) is 9.82. The maximum absolute atomic E-state index is 11.7. The molecule has 0 fully saturated rings. The fourth-order valence-electron chi connectivity index (χ4n) is 2.51. The molecule has 2 aromatic rings. The van der Waals surface area contributed by atoms with Crippen molar-refractivity contribution in [1.82, 2.24) is 0 Å². The fraction of sp³-hybridized carbons (Fsp3) is 0.368. The van der Waals surface area contributed by atoms with Crippen LogP contribution in [-0.2, 0) is 24.4 Å². The van der Waals surface area contributed by atoms with Crippen LogP contribution in [0.3, 0.4) is 0 Å². The first-order valence-electron chi connectivity index (χ1n) is 8.06. The van der Waals surface area contributed by atoms with E-state index in [4.69, 9.17) is 16.7 Å². The molecule has 0 saturated heterocycles. The lowest BCUT2D eigenvalue weighted by Gasteiger charge is -2.25. The summed E-state index contributed by atoms with van der Waals surface area (Å²) >= 11 is 6.51. The number of aliphatic hydroxyl groups excluding tert-OH is 1. The molecule has 1 unspecified atom stereocenters. The molecule has 3 N–H and O–H groups in total. The zero-order chi connectivity index (χ0) is 18.6. The summed E-state index contributed by atoms with van der Waals surface area (Å²) in [6, 6.07) is 11.7. The molecule has 0 aliphatic carbocycles. The molecule has 0 heterocycles. The zero-order valence-corrected chi connectivity index (χ0v) is 17.1. The summed E-state index contributed by atoms with van der Waals surface area (Å²) in [7, 11) is 0. The number of benzene rings is 2. The number of aryl methyl sites for hydroxylation is 2. The molecule has 0 amide bonds. The monoisotopic (exact) mass is 397 g/mol. The van der Waals surface area contributed by atoms with Gasteiger partial charge in [0.2, 0.25) is 0 Å². The van der Waals surface area contributed by atoms with Gasteiger partial charge in [-0.05, 0) is 62.1 Å². The second kappa shape index (κ2) is 8.80.